The molecule has 4 fully saturated rings. The maximum Gasteiger partial charge on any atom is 0.0719 e. The van der Waals surface area contributed by atoms with Crippen LogP contribution in [0.15, 0.2) is 188 Å². The monoisotopic (exact) mass is 809 g/mol. The predicted molar refractivity (Wildman–Crippen MR) is 259 cm³/mol. The van der Waals surface area contributed by atoms with Crippen molar-refractivity contribution in [2.45, 2.75) is 62.2 Å². The van der Waals surface area contributed by atoms with Crippen LogP contribution in [0.25, 0.3) is 33.4 Å². The number of nitrogens with zero attached hydrogens (tertiary/aromatic N) is 1. The molecule has 7 aliphatic rings. The van der Waals surface area contributed by atoms with E-state index in [0.29, 0.717) is 11.8 Å². The zero-order valence-electron chi connectivity index (χ0n) is 36.2. The van der Waals surface area contributed by atoms with Crippen molar-refractivity contribution in [3.8, 4) is 33.4 Å². The third-order valence-electron chi connectivity index (χ3n) is 17.3. The van der Waals surface area contributed by atoms with E-state index in [1.54, 1.807) is 11.1 Å². The molecule has 0 aromatic heterocycles. The van der Waals surface area contributed by atoms with Gasteiger partial charge in [0.1, 0.15) is 0 Å². The fourth-order valence-electron chi connectivity index (χ4n) is 15.3. The average Bonchev–Trinajstić information content (AvgIpc) is 3.79. The molecule has 0 heterocycles. The van der Waals surface area contributed by atoms with Gasteiger partial charge in [0.05, 0.1) is 16.8 Å². The zero-order chi connectivity index (χ0) is 41.7. The van der Waals surface area contributed by atoms with Crippen LogP contribution in [0.4, 0.5) is 17.1 Å². The van der Waals surface area contributed by atoms with E-state index >= 15 is 0 Å². The SMILES string of the molecule is CC1(C)c2ccccc2C2(c3ccccc3-c3cc(N(c4ccccc4-c4ccccc4)c4cccc5c4-c4ccccc4C54C5CC6CC(C5)CC4C6)ccc32)c2ccccc21. The molecule has 0 saturated heterocycles. The van der Waals surface area contributed by atoms with Crippen molar-refractivity contribution in [1.82, 2.24) is 0 Å². The second kappa shape index (κ2) is 12.8. The molecule has 15 rings (SSSR count). The van der Waals surface area contributed by atoms with Gasteiger partial charge in [0.15, 0.2) is 0 Å². The Hall–Kier alpha value is -6.44. The fourth-order valence-corrected chi connectivity index (χ4v) is 15.3. The third kappa shape index (κ3) is 4.53. The highest BCUT2D eigenvalue weighted by molar-refractivity contribution is 6.00. The summed E-state index contributed by atoms with van der Waals surface area (Å²) in [6.07, 6.45) is 6.96. The Morgan fingerprint density at radius 3 is 1.57 bits per heavy atom. The normalized spacial score (nSPS) is 24.0. The summed E-state index contributed by atoms with van der Waals surface area (Å²) >= 11 is 0. The highest BCUT2D eigenvalue weighted by atomic mass is 15.1. The molecule has 1 nitrogen and oxygen atoms in total. The van der Waals surface area contributed by atoms with Gasteiger partial charge in [-0.2, -0.15) is 0 Å². The van der Waals surface area contributed by atoms with Gasteiger partial charge < -0.3 is 4.90 Å². The number of fused-ring (bicyclic) bond motifs is 12. The van der Waals surface area contributed by atoms with E-state index in [0.717, 1.165) is 11.8 Å². The van der Waals surface area contributed by atoms with Gasteiger partial charge in [-0.25, -0.2) is 0 Å². The van der Waals surface area contributed by atoms with Crippen LogP contribution in [0, 0.1) is 23.7 Å². The summed E-state index contributed by atoms with van der Waals surface area (Å²) in [4.78, 5) is 2.65. The highest BCUT2D eigenvalue weighted by Crippen LogP contribution is 2.71. The molecule has 2 spiro atoms. The van der Waals surface area contributed by atoms with Crippen molar-refractivity contribution in [1.29, 1.82) is 0 Å². The summed E-state index contributed by atoms with van der Waals surface area (Å²) < 4.78 is 0. The smallest absolute Gasteiger partial charge is 0.0719 e. The van der Waals surface area contributed by atoms with Crippen LogP contribution in [-0.4, -0.2) is 0 Å². The van der Waals surface area contributed by atoms with Gasteiger partial charge in [-0.05, 0) is 147 Å². The van der Waals surface area contributed by atoms with Crippen molar-refractivity contribution in [2.75, 3.05) is 4.90 Å². The minimum Gasteiger partial charge on any atom is -0.309 e. The molecule has 8 aromatic carbocycles. The van der Waals surface area contributed by atoms with E-state index in [2.05, 4.69) is 207 Å². The molecule has 304 valence electrons. The molecule has 0 radical (unpaired) electrons. The molecule has 7 aliphatic carbocycles. The van der Waals surface area contributed by atoms with Crippen molar-refractivity contribution in [3.05, 3.63) is 233 Å². The van der Waals surface area contributed by atoms with Crippen LogP contribution < -0.4 is 4.90 Å². The minimum absolute atomic E-state index is 0.0821. The number of benzene rings is 8. The first-order valence-corrected chi connectivity index (χ1v) is 23.6. The Morgan fingerprint density at radius 1 is 0.381 bits per heavy atom. The molecule has 8 aromatic rings. The van der Waals surface area contributed by atoms with Gasteiger partial charge in [0, 0.05) is 27.6 Å². The van der Waals surface area contributed by atoms with Crippen molar-refractivity contribution < 1.29 is 0 Å². The average molecular weight is 810 g/mol. The summed E-state index contributed by atoms with van der Waals surface area (Å²) in [7, 11) is 0. The standard InChI is InChI=1S/C62H51N/c1-60(2)52-24-11-13-26-54(52)62(55-27-14-12-25-53(55)60)49-22-9-6-20-46(49)48-38-44(31-32-51(48)62)63(57-29-15-8-19-45(57)41-17-4-3-5-18-41)58-30-16-28-56-59(58)47-21-7-10-23-50(47)61(56)42-34-39-33-40(36-42)37-43(61)35-39/h3-32,38-40,42-43H,33-37H2,1-2H3. The quantitative estimate of drug-likeness (QED) is 0.171. The lowest BCUT2D eigenvalue weighted by atomic mass is 9.43. The molecule has 4 saturated carbocycles. The van der Waals surface area contributed by atoms with Gasteiger partial charge in [-0.1, -0.05) is 178 Å². The first-order chi connectivity index (χ1) is 31.0. The van der Waals surface area contributed by atoms with Crippen molar-refractivity contribution in [2.24, 2.45) is 23.7 Å². The number of hydrogen-bond acceptors (Lipinski definition) is 1. The van der Waals surface area contributed by atoms with Gasteiger partial charge >= 0.3 is 0 Å². The molecule has 63 heavy (non-hydrogen) atoms. The van der Waals surface area contributed by atoms with E-state index in [1.807, 2.05) is 0 Å². The lowest BCUT2D eigenvalue weighted by molar-refractivity contribution is -0.0399. The lowest BCUT2D eigenvalue weighted by Gasteiger charge is -2.61. The summed E-state index contributed by atoms with van der Waals surface area (Å²) in [6, 6.07) is 72.5. The first-order valence-electron chi connectivity index (χ1n) is 23.6. The molecule has 1 heteroatoms. The first kappa shape index (κ1) is 36.1. The Labute approximate surface area is 372 Å². The fraction of sp³-hybridized carbons (Fsp3) is 0.226. The summed E-state index contributed by atoms with van der Waals surface area (Å²) in [5.41, 5.74) is 22.7. The van der Waals surface area contributed by atoms with Gasteiger partial charge in [0.2, 0.25) is 0 Å². The van der Waals surface area contributed by atoms with Crippen LogP contribution >= 0.6 is 0 Å². The molecular formula is C62H51N. The summed E-state index contributed by atoms with van der Waals surface area (Å²) in [5, 5.41) is 0. The molecule has 0 N–H and O–H groups in total. The maximum atomic E-state index is 2.65. The minimum atomic E-state index is -0.432. The van der Waals surface area contributed by atoms with E-state index in [-0.39, 0.29) is 10.8 Å². The molecule has 4 bridgehead atoms. The Morgan fingerprint density at radius 2 is 0.889 bits per heavy atom. The number of para-hydroxylation sites is 1. The van der Waals surface area contributed by atoms with Crippen LogP contribution in [0.2, 0.25) is 0 Å². The third-order valence-corrected chi connectivity index (χ3v) is 17.3. The lowest BCUT2D eigenvalue weighted by Crippen LogP contribution is -2.55. The molecular weight excluding hydrogens is 759 g/mol. The van der Waals surface area contributed by atoms with Gasteiger partial charge in [0.25, 0.3) is 0 Å². The van der Waals surface area contributed by atoms with E-state index in [9.17, 15) is 0 Å². The summed E-state index contributed by atoms with van der Waals surface area (Å²) in [5.74, 6) is 3.21. The van der Waals surface area contributed by atoms with E-state index in [4.69, 9.17) is 0 Å². The van der Waals surface area contributed by atoms with E-state index < -0.39 is 5.41 Å². The maximum absolute atomic E-state index is 2.65. The second-order valence-corrected chi connectivity index (χ2v) is 20.4. The largest absolute Gasteiger partial charge is 0.309 e. The van der Waals surface area contributed by atoms with Gasteiger partial charge in [-0.15, -0.1) is 0 Å². The number of hydrogen-bond donors (Lipinski definition) is 0. The van der Waals surface area contributed by atoms with Crippen LogP contribution in [0.5, 0.6) is 0 Å². The van der Waals surface area contributed by atoms with Gasteiger partial charge in [-0.3, -0.25) is 0 Å². The number of anilines is 3. The van der Waals surface area contributed by atoms with E-state index in [1.165, 1.54) is 116 Å². The zero-order valence-corrected chi connectivity index (χ0v) is 36.2. The molecule has 0 amide bonds. The summed E-state index contributed by atoms with van der Waals surface area (Å²) in [6.45, 7) is 4.82. The molecule has 0 aliphatic heterocycles. The van der Waals surface area contributed by atoms with Crippen molar-refractivity contribution in [3.63, 3.8) is 0 Å². The Bertz CT molecular complexity index is 3110. The number of rotatable bonds is 4. The Balaban J connectivity index is 1.05. The Kier molecular flexibility index (Phi) is 7.35. The van der Waals surface area contributed by atoms with Crippen LogP contribution in [0.3, 0.4) is 0 Å². The topological polar surface area (TPSA) is 3.24 Å². The molecule has 0 atom stereocenters. The predicted octanol–water partition coefficient (Wildman–Crippen LogP) is 15.5. The highest BCUT2D eigenvalue weighted by Gasteiger charge is 2.62. The van der Waals surface area contributed by atoms with Crippen LogP contribution in [-0.2, 0) is 16.2 Å². The second-order valence-electron chi connectivity index (χ2n) is 20.4. The molecule has 0 unspecified atom stereocenters. The van der Waals surface area contributed by atoms with Crippen LogP contribution in [0.1, 0.15) is 90.5 Å². The van der Waals surface area contributed by atoms with Crippen molar-refractivity contribution >= 4 is 17.1 Å².